The van der Waals surface area contributed by atoms with Crippen LogP contribution in [-0.4, -0.2) is 51.4 Å². The number of nitrogens with one attached hydrogen (secondary N) is 2. The van der Waals surface area contributed by atoms with Crippen LogP contribution < -0.4 is 10.6 Å². The molecular weight excluding hydrogens is 370 g/mol. The molecule has 1 aromatic rings. The van der Waals surface area contributed by atoms with Crippen molar-refractivity contribution >= 4 is 35.4 Å². The number of carbonyl (C=O) groups excluding carboxylic acids is 5. The lowest BCUT2D eigenvalue weighted by Gasteiger charge is -2.27. The summed E-state index contributed by atoms with van der Waals surface area (Å²) in [5.74, 6) is -3.27. The van der Waals surface area contributed by atoms with E-state index in [0.29, 0.717) is 0 Å². The summed E-state index contributed by atoms with van der Waals surface area (Å²) < 4.78 is 5.12. The van der Waals surface area contributed by atoms with E-state index in [1.165, 1.54) is 6.07 Å². The fourth-order valence-electron chi connectivity index (χ4n) is 3.08. The van der Waals surface area contributed by atoms with Crippen molar-refractivity contribution < 1.29 is 33.8 Å². The van der Waals surface area contributed by atoms with Gasteiger partial charge in [-0.2, -0.15) is 0 Å². The highest BCUT2D eigenvalue weighted by molar-refractivity contribution is 6.26. The molecule has 2 aliphatic heterocycles. The highest BCUT2D eigenvalue weighted by Gasteiger charge is 2.46. The number of anilines is 1. The smallest absolute Gasteiger partial charge is 0.412 e. The SMILES string of the molecule is CC(C)(C)OC(=O)Nc1c(O)ccc2c1C(=O)N(C1CCC(=O)NC1=O)C2=O. The van der Waals surface area contributed by atoms with Crippen LogP contribution in [0.2, 0.25) is 0 Å². The molecule has 0 bridgehead atoms. The second-order valence-electron chi connectivity index (χ2n) is 7.46. The molecule has 28 heavy (non-hydrogen) atoms. The number of nitrogens with zero attached hydrogens (tertiary/aromatic N) is 1. The first kappa shape index (κ1) is 19.3. The molecule has 0 spiro atoms. The molecule has 3 rings (SSSR count). The zero-order valence-electron chi connectivity index (χ0n) is 15.5. The fraction of sp³-hybridized carbons (Fsp3) is 0.389. The number of imide groups is 2. The van der Waals surface area contributed by atoms with Crippen molar-refractivity contribution in [3.63, 3.8) is 0 Å². The van der Waals surface area contributed by atoms with E-state index in [-0.39, 0.29) is 29.7 Å². The molecule has 1 unspecified atom stereocenters. The summed E-state index contributed by atoms with van der Waals surface area (Å²) in [5.41, 5.74) is -1.41. The summed E-state index contributed by atoms with van der Waals surface area (Å²) in [6.07, 6.45) is -0.939. The Morgan fingerprint density at radius 3 is 2.50 bits per heavy atom. The quantitative estimate of drug-likeness (QED) is 0.508. The van der Waals surface area contributed by atoms with Crippen LogP contribution in [-0.2, 0) is 14.3 Å². The third kappa shape index (κ3) is 3.40. The number of benzene rings is 1. The largest absolute Gasteiger partial charge is 0.506 e. The number of ether oxygens (including phenoxy) is 1. The Hall–Kier alpha value is -3.43. The normalized spacial score (nSPS) is 19.4. The minimum absolute atomic E-state index is 0.00303. The molecule has 10 nitrogen and oxygen atoms in total. The zero-order valence-corrected chi connectivity index (χ0v) is 15.5. The predicted molar refractivity (Wildman–Crippen MR) is 94.6 cm³/mol. The number of carbonyl (C=O) groups is 5. The number of phenolic OH excluding ortho intramolecular Hbond substituents is 1. The minimum atomic E-state index is -1.15. The summed E-state index contributed by atoms with van der Waals surface area (Å²) in [4.78, 5) is 61.9. The summed E-state index contributed by atoms with van der Waals surface area (Å²) in [6, 6.07) is 1.24. The van der Waals surface area contributed by atoms with Crippen LogP contribution in [0.25, 0.3) is 0 Å². The van der Waals surface area contributed by atoms with Crippen molar-refractivity contribution in [2.45, 2.75) is 45.3 Å². The molecule has 0 saturated carbocycles. The first-order valence-corrected chi connectivity index (χ1v) is 8.57. The topological polar surface area (TPSA) is 142 Å². The third-order valence-electron chi connectivity index (χ3n) is 4.21. The summed E-state index contributed by atoms with van der Waals surface area (Å²) in [5, 5.41) is 14.5. The Morgan fingerprint density at radius 1 is 1.21 bits per heavy atom. The first-order valence-electron chi connectivity index (χ1n) is 8.57. The maximum Gasteiger partial charge on any atom is 0.412 e. The third-order valence-corrected chi connectivity index (χ3v) is 4.21. The summed E-state index contributed by atoms with van der Waals surface area (Å²) in [7, 11) is 0. The molecule has 1 fully saturated rings. The van der Waals surface area contributed by atoms with Gasteiger partial charge in [-0.05, 0) is 39.3 Å². The lowest BCUT2D eigenvalue weighted by Crippen LogP contribution is -2.54. The molecule has 10 heteroatoms. The second-order valence-corrected chi connectivity index (χ2v) is 7.46. The molecule has 1 aromatic carbocycles. The Labute approximate surface area is 159 Å². The number of aromatic hydroxyl groups is 1. The van der Waals surface area contributed by atoms with E-state index < -0.39 is 47.1 Å². The predicted octanol–water partition coefficient (Wildman–Crippen LogP) is 1.14. The molecule has 3 N–H and O–H groups in total. The van der Waals surface area contributed by atoms with Crippen molar-refractivity contribution in [3.05, 3.63) is 23.3 Å². The van der Waals surface area contributed by atoms with Gasteiger partial charge in [0.25, 0.3) is 11.8 Å². The van der Waals surface area contributed by atoms with Gasteiger partial charge in [-0.15, -0.1) is 0 Å². The number of hydrogen-bond acceptors (Lipinski definition) is 7. The van der Waals surface area contributed by atoms with Crippen LogP contribution in [0.3, 0.4) is 0 Å². The maximum atomic E-state index is 12.9. The van der Waals surface area contributed by atoms with Gasteiger partial charge in [0.1, 0.15) is 17.4 Å². The number of fused-ring (bicyclic) bond motifs is 1. The van der Waals surface area contributed by atoms with Crippen LogP contribution in [0.15, 0.2) is 12.1 Å². The van der Waals surface area contributed by atoms with Gasteiger partial charge in [-0.25, -0.2) is 4.79 Å². The molecule has 1 atom stereocenters. The molecule has 0 radical (unpaired) electrons. The summed E-state index contributed by atoms with van der Waals surface area (Å²) >= 11 is 0. The molecule has 2 heterocycles. The van der Waals surface area contributed by atoms with Crippen LogP contribution in [0, 0.1) is 0 Å². The van der Waals surface area contributed by atoms with Gasteiger partial charge in [-0.1, -0.05) is 0 Å². The van der Waals surface area contributed by atoms with Gasteiger partial charge < -0.3 is 9.84 Å². The Balaban J connectivity index is 1.95. The number of rotatable bonds is 2. The molecule has 0 aliphatic carbocycles. The summed E-state index contributed by atoms with van der Waals surface area (Å²) in [6.45, 7) is 4.92. The van der Waals surface area contributed by atoms with Crippen molar-refractivity contribution in [3.8, 4) is 5.75 Å². The van der Waals surface area contributed by atoms with Crippen molar-refractivity contribution in [2.24, 2.45) is 0 Å². The number of hydrogen-bond donors (Lipinski definition) is 3. The monoisotopic (exact) mass is 389 g/mol. The Kier molecular flexibility index (Phi) is 4.58. The molecule has 1 saturated heterocycles. The van der Waals surface area contributed by atoms with Crippen LogP contribution in [0.5, 0.6) is 5.75 Å². The van der Waals surface area contributed by atoms with Crippen molar-refractivity contribution in [2.75, 3.05) is 5.32 Å². The van der Waals surface area contributed by atoms with E-state index in [0.717, 1.165) is 11.0 Å². The van der Waals surface area contributed by atoms with Gasteiger partial charge in [0.15, 0.2) is 0 Å². The highest BCUT2D eigenvalue weighted by atomic mass is 16.6. The highest BCUT2D eigenvalue weighted by Crippen LogP contribution is 2.37. The van der Waals surface area contributed by atoms with E-state index in [9.17, 15) is 29.1 Å². The van der Waals surface area contributed by atoms with Crippen molar-refractivity contribution in [1.29, 1.82) is 0 Å². The minimum Gasteiger partial charge on any atom is -0.506 e. The van der Waals surface area contributed by atoms with Gasteiger partial charge in [0.2, 0.25) is 11.8 Å². The van der Waals surface area contributed by atoms with E-state index in [1.54, 1.807) is 20.8 Å². The Morgan fingerprint density at radius 2 is 1.89 bits per heavy atom. The molecule has 148 valence electrons. The van der Waals surface area contributed by atoms with Gasteiger partial charge in [0, 0.05) is 6.42 Å². The standard InChI is InChI=1S/C18H19N3O7/c1-18(2,3)28-17(27)20-13-10(22)6-4-8-12(13)16(26)21(15(8)25)9-5-7-11(23)19-14(9)24/h4,6,9,22H,5,7H2,1-3H3,(H,20,27)(H,19,23,24). The lowest BCUT2D eigenvalue weighted by atomic mass is 10.0. The van der Waals surface area contributed by atoms with Crippen LogP contribution in [0.1, 0.15) is 54.3 Å². The first-order chi connectivity index (χ1) is 13.0. The molecule has 0 aromatic heterocycles. The van der Waals surface area contributed by atoms with Gasteiger partial charge in [-0.3, -0.25) is 34.7 Å². The fourth-order valence-corrected chi connectivity index (χ4v) is 3.08. The van der Waals surface area contributed by atoms with Gasteiger partial charge in [0.05, 0.1) is 16.8 Å². The van der Waals surface area contributed by atoms with E-state index in [2.05, 4.69) is 10.6 Å². The van der Waals surface area contributed by atoms with Gasteiger partial charge >= 0.3 is 6.09 Å². The van der Waals surface area contributed by atoms with Crippen molar-refractivity contribution in [1.82, 2.24) is 10.2 Å². The zero-order chi connectivity index (χ0) is 20.8. The molecule has 2 aliphatic rings. The van der Waals surface area contributed by atoms with Crippen LogP contribution in [0.4, 0.5) is 10.5 Å². The lowest BCUT2D eigenvalue weighted by molar-refractivity contribution is -0.136. The maximum absolute atomic E-state index is 12.9. The van der Waals surface area contributed by atoms with E-state index in [1.807, 2.05) is 0 Å². The van der Waals surface area contributed by atoms with E-state index >= 15 is 0 Å². The number of piperidine rings is 1. The molecular formula is C18H19N3O7. The average Bonchev–Trinajstić information content (AvgIpc) is 2.80. The number of phenols is 1. The second kappa shape index (κ2) is 6.63. The van der Waals surface area contributed by atoms with E-state index in [4.69, 9.17) is 4.74 Å². The van der Waals surface area contributed by atoms with Crippen LogP contribution >= 0.6 is 0 Å². The molecule has 5 amide bonds. The number of amides is 5. The average molecular weight is 389 g/mol. The Bertz CT molecular complexity index is 916.